The van der Waals surface area contributed by atoms with Gasteiger partial charge in [-0.3, -0.25) is 4.79 Å². The zero-order chi connectivity index (χ0) is 10.4. The van der Waals surface area contributed by atoms with Gasteiger partial charge < -0.3 is 10.4 Å². The number of carboxylic acid groups (broad SMARTS) is 1. The molecule has 5 nitrogen and oxygen atoms in total. The molecular formula is C9H13N3O2. The van der Waals surface area contributed by atoms with Crippen LogP contribution in [-0.2, 0) is 4.79 Å². The van der Waals surface area contributed by atoms with Gasteiger partial charge >= 0.3 is 5.97 Å². The van der Waals surface area contributed by atoms with Crippen molar-refractivity contribution in [3.05, 3.63) is 18.5 Å². The van der Waals surface area contributed by atoms with Crippen molar-refractivity contribution in [3.63, 3.8) is 0 Å². The molecule has 1 aromatic rings. The summed E-state index contributed by atoms with van der Waals surface area (Å²) < 4.78 is 0. The molecule has 1 unspecified atom stereocenters. The third-order valence-corrected chi connectivity index (χ3v) is 1.73. The molecule has 5 heteroatoms. The van der Waals surface area contributed by atoms with E-state index < -0.39 is 5.97 Å². The molecule has 1 heterocycles. The van der Waals surface area contributed by atoms with E-state index in [2.05, 4.69) is 15.3 Å². The van der Waals surface area contributed by atoms with E-state index in [1.54, 1.807) is 18.5 Å². The summed E-state index contributed by atoms with van der Waals surface area (Å²) in [4.78, 5) is 18.2. The van der Waals surface area contributed by atoms with E-state index in [0.29, 0.717) is 12.4 Å². The van der Waals surface area contributed by atoms with Gasteiger partial charge in [-0.1, -0.05) is 0 Å². The van der Waals surface area contributed by atoms with E-state index in [0.717, 1.165) is 0 Å². The molecule has 0 aliphatic carbocycles. The van der Waals surface area contributed by atoms with Gasteiger partial charge in [0.05, 0.1) is 0 Å². The van der Waals surface area contributed by atoms with Crippen LogP contribution < -0.4 is 5.32 Å². The van der Waals surface area contributed by atoms with E-state index in [-0.39, 0.29) is 12.5 Å². The Morgan fingerprint density at radius 2 is 2.21 bits per heavy atom. The maximum absolute atomic E-state index is 10.3. The fourth-order valence-electron chi connectivity index (χ4n) is 1.01. The second kappa shape index (κ2) is 5.16. The maximum Gasteiger partial charge on any atom is 0.303 e. The molecule has 0 amide bonds. The Bertz CT molecular complexity index is 289. The van der Waals surface area contributed by atoms with E-state index in [4.69, 9.17) is 5.11 Å². The van der Waals surface area contributed by atoms with Crippen molar-refractivity contribution in [1.29, 1.82) is 0 Å². The van der Waals surface area contributed by atoms with Crippen LogP contribution in [-0.4, -0.2) is 27.1 Å². The Balaban J connectivity index is 2.34. The minimum atomic E-state index is -0.785. The molecule has 76 valence electrons. The lowest BCUT2D eigenvalue weighted by Crippen LogP contribution is -2.18. The molecule has 2 N–H and O–H groups in total. The first-order valence-electron chi connectivity index (χ1n) is 4.44. The molecule has 1 aromatic heterocycles. The normalized spacial score (nSPS) is 12.1. The topological polar surface area (TPSA) is 75.1 Å². The lowest BCUT2D eigenvalue weighted by Gasteiger charge is -2.11. The van der Waals surface area contributed by atoms with Crippen LogP contribution in [0.5, 0.6) is 0 Å². The zero-order valence-electron chi connectivity index (χ0n) is 7.97. The Hall–Kier alpha value is -1.65. The minimum absolute atomic E-state index is 0.0634. The average Bonchev–Trinajstić information content (AvgIpc) is 2.16. The smallest absolute Gasteiger partial charge is 0.303 e. The quantitative estimate of drug-likeness (QED) is 0.736. The third kappa shape index (κ3) is 3.84. The number of carboxylic acids is 1. The number of carbonyl (C=O) groups is 1. The summed E-state index contributed by atoms with van der Waals surface area (Å²) in [6.07, 6.45) is 3.99. The van der Waals surface area contributed by atoms with Crippen molar-refractivity contribution < 1.29 is 9.90 Å². The number of hydrogen-bond acceptors (Lipinski definition) is 4. The van der Waals surface area contributed by atoms with E-state index in [9.17, 15) is 4.79 Å². The van der Waals surface area contributed by atoms with Crippen molar-refractivity contribution in [2.45, 2.75) is 25.8 Å². The number of nitrogens with one attached hydrogen (secondary N) is 1. The minimum Gasteiger partial charge on any atom is -0.481 e. The molecule has 1 atom stereocenters. The third-order valence-electron chi connectivity index (χ3n) is 1.73. The summed E-state index contributed by atoms with van der Waals surface area (Å²) in [5, 5.41) is 11.5. The first-order valence-corrected chi connectivity index (χ1v) is 4.44. The summed E-state index contributed by atoms with van der Waals surface area (Å²) in [7, 11) is 0. The van der Waals surface area contributed by atoms with Crippen LogP contribution >= 0.6 is 0 Å². The van der Waals surface area contributed by atoms with Crippen LogP contribution in [0.1, 0.15) is 19.8 Å². The molecule has 0 saturated heterocycles. The van der Waals surface area contributed by atoms with E-state index >= 15 is 0 Å². The molecule has 0 fully saturated rings. The SMILES string of the molecule is CC(CCC(=O)O)Nc1ncccn1. The highest BCUT2D eigenvalue weighted by Gasteiger charge is 2.05. The van der Waals surface area contributed by atoms with Crippen molar-refractivity contribution >= 4 is 11.9 Å². The number of aromatic nitrogens is 2. The van der Waals surface area contributed by atoms with Crippen LogP contribution in [0.3, 0.4) is 0 Å². The molecule has 0 spiro atoms. The molecule has 0 saturated carbocycles. The number of rotatable bonds is 5. The van der Waals surface area contributed by atoms with Gasteiger partial charge in [0.15, 0.2) is 0 Å². The van der Waals surface area contributed by atoms with Gasteiger partial charge in [0.2, 0.25) is 5.95 Å². The summed E-state index contributed by atoms with van der Waals surface area (Å²) in [6.45, 7) is 1.90. The molecule has 0 aliphatic rings. The van der Waals surface area contributed by atoms with Crippen molar-refractivity contribution in [1.82, 2.24) is 9.97 Å². The number of aliphatic carboxylic acids is 1. The first kappa shape index (κ1) is 10.4. The van der Waals surface area contributed by atoms with Crippen LogP contribution in [0.15, 0.2) is 18.5 Å². The molecule has 14 heavy (non-hydrogen) atoms. The summed E-state index contributed by atoms with van der Waals surface area (Å²) in [6, 6.07) is 1.79. The molecule has 1 rings (SSSR count). The number of hydrogen-bond donors (Lipinski definition) is 2. The van der Waals surface area contributed by atoms with Crippen LogP contribution in [0.25, 0.3) is 0 Å². The van der Waals surface area contributed by atoms with Gasteiger partial charge in [-0.2, -0.15) is 0 Å². The number of nitrogens with zero attached hydrogens (tertiary/aromatic N) is 2. The van der Waals surface area contributed by atoms with Crippen LogP contribution in [0.2, 0.25) is 0 Å². The van der Waals surface area contributed by atoms with E-state index in [1.807, 2.05) is 6.92 Å². The first-order chi connectivity index (χ1) is 6.68. The fraction of sp³-hybridized carbons (Fsp3) is 0.444. The monoisotopic (exact) mass is 195 g/mol. The highest BCUT2D eigenvalue weighted by molar-refractivity contribution is 5.66. The van der Waals surface area contributed by atoms with Crippen molar-refractivity contribution in [3.8, 4) is 0 Å². The van der Waals surface area contributed by atoms with Gasteiger partial charge in [-0.05, 0) is 19.4 Å². The van der Waals surface area contributed by atoms with Gasteiger partial charge in [-0.15, -0.1) is 0 Å². The average molecular weight is 195 g/mol. The fourth-order valence-corrected chi connectivity index (χ4v) is 1.01. The second-order valence-electron chi connectivity index (χ2n) is 3.05. The Morgan fingerprint density at radius 1 is 1.57 bits per heavy atom. The lowest BCUT2D eigenvalue weighted by atomic mass is 10.2. The van der Waals surface area contributed by atoms with Crippen molar-refractivity contribution in [2.24, 2.45) is 0 Å². The maximum atomic E-state index is 10.3. The highest BCUT2D eigenvalue weighted by atomic mass is 16.4. The molecule has 0 aromatic carbocycles. The largest absolute Gasteiger partial charge is 0.481 e. The summed E-state index contributed by atoms with van der Waals surface area (Å²) in [5.41, 5.74) is 0. The molecular weight excluding hydrogens is 182 g/mol. The van der Waals surface area contributed by atoms with Gasteiger partial charge in [0.1, 0.15) is 0 Å². The Morgan fingerprint density at radius 3 is 2.79 bits per heavy atom. The predicted octanol–water partition coefficient (Wildman–Crippen LogP) is 1.14. The summed E-state index contributed by atoms with van der Waals surface area (Å²) >= 11 is 0. The Kier molecular flexibility index (Phi) is 3.84. The lowest BCUT2D eigenvalue weighted by molar-refractivity contribution is -0.137. The van der Waals surface area contributed by atoms with Gasteiger partial charge in [-0.25, -0.2) is 9.97 Å². The summed E-state index contributed by atoms with van der Waals surface area (Å²) in [5.74, 6) is -0.252. The molecule has 0 radical (unpaired) electrons. The zero-order valence-corrected chi connectivity index (χ0v) is 7.97. The van der Waals surface area contributed by atoms with Crippen molar-refractivity contribution in [2.75, 3.05) is 5.32 Å². The van der Waals surface area contributed by atoms with Crippen LogP contribution in [0.4, 0.5) is 5.95 Å². The van der Waals surface area contributed by atoms with Gasteiger partial charge in [0.25, 0.3) is 0 Å². The number of anilines is 1. The highest BCUT2D eigenvalue weighted by Crippen LogP contribution is 2.03. The second-order valence-corrected chi connectivity index (χ2v) is 3.05. The predicted molar refractivity (Wildman–Crippen MR) is 52.0 cm³/mol. The molecule has 0 bridgehead atoms. The standard InChI is InChI=1S/C9H13N3O2/c1-7(3-4-8(13)14)12-9-10-5-2-6-11-9/h2,5-7H,3-4H2,1H3,(H,13,14)(H,10,11,12). The molecule has 0 aliphatic heterocycles. The van der Waals surface area contributed by atoms with Crippen LogP contribution in [0, 0.1) is 0 Å². The van der Waals surface area contributed by atoms with Gasteiger partial charge in [0, 0.05) is 24.9 Å². The van der Waals surface area contributed by atoms with E-state index in [1.165, 1.54) is 0 Å². The Labute approximate surface area is 82.2 Å².